The fraction of sp³-hybridized carbons (Fsp3) is 0.467. The monoisotopic (exact) mass is 260 g/mol. The normalized spacial score (nSPS) is 14.2. The van der Waals surface area contributed by atoms with Crippen LogP contribution in [-0.2, 0) is 0 Å². The highest BCUT2D eigenvalue weighted by Gasteiger charge is 2.37. The lowest BCUT2D eigenvalue weighted by Gasteiger charge is -2.13. The Kier molecular flexibility index (Phi) is 4.00. The molecule has 1 aromatic carbocycles. The van der Waals surface area contributed by atoms with Gasteiger partial charge in [-0.15, -0.1) is 0 Å². The van der Waals surface area contributed by atoms with E-state index in [0.29, 0.717) is 17.7 Å². The molecule has 0 atom stereocenters. The van der Waals surface area contributed by atoms with E-state index in [1.807, 2.05) is 32.9 Å². The molecule has 0 bridgehead atoms. The van der Waals surface area contributed by atoms with Gasteiger partial charge in [-0.2, -0.15) is 0 Å². The van der Waals surface area contributed by atoms with Crippen molar-refractivity contribution in [1.82, 2.24) is 10.2 Å². The van der Waals surface area contributed by atoms with Crippen molar-refractivity contribution in [2.24, 2.45) is 0 Å². The van der Waals surface area contributed by atoms with Crippen molar-refractivity contribution in [3.63, 3.8) is 0 Å². The van der Waals surface area contributed by atoms with Crippen molar-refractivity contribution in [3.05, 3.63) is 34.4 Å². The molecule has 0 unspecified atom stereocenters. The molecule has 4 nitrogen and oxygen atoms in total. The van der Waals surface area contributed by atoms with Gasteiger partial charge in [-0.1, -0.05) is 19.1 Å². The number of amides is 2. The maximum absolute atomic E-state index is 12.3. The van der Waals surface area contributed by atoms with Gasteiger partial charge in [0.1, 0.15) is 0 Å². The topological polar surface area (TPSA) is 49.4 Å². The highest BCUT2D eigenvalue weighted by atomic mass is 16.2. The smallest absolute Gasteiger partial charge is 0.261 e. The Balaban J connectivity index is 2.20. The Morgan fingerprint density at radius 1 is 1.05 bits per heavy atom. The first-order chi connectivity index (χ1) is 9.07. The van der Waals surface area contributed by atoms with Gasteiger partial charge in [0.15, 0.2) is 0 Å². The zero-order valence-electron chi connectivity index (χ0n) is 11.7. The maximum atomic E-state index is 12.3. The minimum Gasteiger partial charge on any atom is -0.317 e. The van der Waals surface area contributed by atoms with E-state index in [2.05, 4.69) is 5.32 Å². The zero-order chi connectivity index (χ0) is 14.0. The second-order valence-electron chi connectivity index (χ2n) is 4.92. The lowest BCUT2D eigenvalue weighted by molar-refractivity contribution is 0.0652. The van der Waals surface area contributed by atoms with Crippen LogP contribution in [0.5, 0.6) is 0 Å². The standard InChI is InChI=1S/C15H20N2O2/c1-4-16-8-5-9-17-14(18)12-10(2)6-7-11(3)13(12)15(17)19/h6-7,16H,4-5,8-9H2,1-3H3. The zero-order valence-corrected chi connectivity index (χ0v) is 11.7. The average Bonchev–Trinajstić information content (AvgIpc) is 2.64. The number of carbonyl (C=O) groups is 2. The Morgan fingerprint density at radius 3 is 2.05 bits per heavy atom. The lowest BCUT2D eigenvalue weighted by Crippen LogP contribution is -2.32. The van der Waals surface area contributed by atoms with Crippen molar-refractivity contribution in [2.45, 2.75) is 27.2 Å². The SMILES string of the molecule is CCNCCCN1C(=O)c2c(C)ccc(C)c2C1=O. The predicted molar refractivity (Wildman–Crippen MR) is 74.4 cm³/mol. The predicted octanol–water partition coefficient (Wildman–Crippen LogP) is 1.90. The first-order valence-electron chi connectivity index (χ1n) is 6.75. The second-order valence-corrected chi connectivity index (χ2v) is 4.92. The molecule has 0 spiro atoms. The van der Waals surface area contributed by atoms with Gasteiger partial charge in [-0.3, -0.25) is 14.5 Å². The average molecular weight is 260 g/mol. The largest absolute Gasteiger partial charge is 0.317 e. The summed E-state index contributed by atoms with van der Waals surface area (Å²) in [6, 6.07) is 3.81. The molecule has 0 saturated heterocycles. The van der Waals surface area contributed by atoms with Gasteiger partial charge in [0.2, 0.25) is 0 Å². The number of aryl methyl sites for hydroxylation is 2. The van der Waals surface area contributed by atoms with E-state index in [4.69, 9.17) is 0 Å². The molecule has 0 fully saturated rings. The molecule has 1 heterocycles. The Labute approximate surface area is 113 Å². The Morgan fingerprint density at radius 2 is 1.58 bits per heavy atom. The van der Waals surface area contributed by atoms with Crippen molar-refractivity contribution < 1.29 is 9.59 Å². The first-order valence-corrected chi connectivity index (χ1v) is 6.75. The van der Waals surface area contributed by atoms with E-state index >= 15 is 0 Å². The summed E-state index contributed by atoms with van der Waals surface area (Å²) in [4.78, 5) is 26.0. The van der Waals surface area contributed by atoms with Crippen LogP contribution < -0.4 is 5.32 Å². The third-order valence-electron chi connectivity index (χ3n) is 3.53. The van der Waals surface area contributed by atoms with Crippen LogP contribution in [0.2, 0.25) is 0 Å². The summed E-state index contributed by atoms with van der Waals surface area (Å²) < 4.78 is 0. The maximum Gasteiger partial charge on any atom is 0.261 e. The molecule has 19 heavy (non-hydrogen) atoms. The van der Waals surface area contributed by atoms with E-state index in [-0.39, 0.29) is 11.8 Å². The summed E-state index contributed by atoms with van der Waals surface area (Å²) in [5.74, 6) is -0.282. The van der Waals surface area contributed by atoms with Gasteiger partial charge in [0.05, 0.1) is 11.1 Å². The molecule has 102 valence electrons. The van der Waals surface area contributed by atoms with Crippen LogP contribution in [0, 0.1) is 13.8 Å². The van der Waals surface area contributed by atoms with Gasteiger partial charge < -0.3 is 5.32 Å². The number of fused-ring (bicyclic) bond motifs is 1. The molecule has 0 saturated carbocycles. The third-order valence-corrected chi connectivity index (χ3v) is 3.53. The minimum atomic E-state index is -0.141. The molecule has 1 N–H and O–H groups in total. The number of hydrogen-bond donors (Lipinski definition) is 1. The van der Waals surface area contributed by atoms with E-state index in [1.54, 1.807) is 0 Å². The summed E-state index contributed by atoms with van der Waals surface area (Å²) >= 11 is 0. The van der Waals surface area contributed by atoms with Crippen LogP contribution in [0.4, 0.5) is 0 Å². The van der Waals surface area contributed by atoms with Gasteiger partial charge in [0.25, 0.3) is 11.8 Å². The number of benzene rings is 1. The third kappa shape index (κ3) is 2.40. The Bertz CT molecular complexity index is 482. The molecule has 1 aromatic rings. The number of nitrogens with one attached hydrogen (secondary N) is 1. The van der Waals surface area contributed by atoms with Crippen molar-refractivity contribution >= 4 is 11.8 Å². The van der Waals surface area contributed by atoms with E-state index < -0.39 is 0 Å². The van der Waals surface area contributed by atoms with Gasteiger partial charge >= 0.3 is 0 Å². The summed E-state index contributed by atoms with van der Waals surface area (Å²) in [6.07, 6.45) is 0.789. The molecular formula is C15H20N2O2. The number of hydrogen-bond acceptors (Lipinski definition) is 3. The van der Waals surface area contributed by atoms with Gasteiger partial charge in [0, 0.05) is 6.54 Å². The fourth-order valence-corrected chi connectivity index (χ4v) is 2.47. The number of nitrogens with zero attached hydrogens (tertiary/aromatic N) is 1. The Hall–Kier alpha value is -1.68. The molecule has 1 aliphatic heterocycles. The van der Waals surface area contributed by atoms with Crippen LogP contribution in [0.3, 0.4) is 0 Å². The molecule has 2 rings (SSSR count). The molecule has 0 radical (unpaired) electrons. The van der Waals surface area contributed by atoms with E-state index in [1.165, 1.54) is 4.90 Å². The molecular weight excluding hydrogens is 240 g/mol. The molecule has 0 aliphatic carbocycles. The second kappa shape index (κ2) is 5.53. The summed E-state index contributed by atoms with van der Waals surface area (Å²) in [6.45, 7) is 8.01. The quantitative estimate of drug-likeness (QED) is 0.650. The highest BCUT2D eigenvalue weighted by molar-refractivity contribution is 6.22. The highest BCUT2D eigenvalue weighted by Crippen LogP contribution is 2.28. The van der Waals surface area contributed by atoms with E-state index in [0.717, 1.165) is 30.6 Å². The van der Waals surface area contributed by atoms with Crippen molar-refractivity contribution in [3.8, 4) is 0 Å². The first kappa shape index (κ1) is 13.7. The summed E-state index contributed by atoms with van der Waals surface area (Å²) in [5.41, 5.74) is 2.95. The molecule has 0 aromatic heterocycles. The van der Waals surface area contributed by atoms with Crippen LogP contribution >= 0.6 is 0 Å². The lowest BCUT2D eigenvalue weighted by atomic mass is 9.99. The molecule has 4 heteroatoms. The minimum absolute atomic E-state index is 0.141. The number of imide groups is 1. The molecule has 2 amide bonds. The van der Waals surface area contributed by atoms with Crippen LogP contribution in [0.15, 0.2) is 12.1 Å². The fourth-order valence-electron chi connectivity index (χ4n) is 2.47. The van der Waals surface area contributed by atoms with Gasteiger partial charge in [-0.25, -0.2) is 0 Å². The van der Waals surface area contributed by atoms with Crippen molar-refractivity contribution in [1.29, 1.82) is 0 Å². The summed E-state index contributed by atoms with van der Waals surface area (Å²) in [5, 5.41) is 3.20. The summed E-state index contributed by atoms with van der Waals surface area (Å²) in [7, 11) is 0. The van der Waals surface area contributed by atoms with Crippen LogP contribution in [-0.4, -0.2) is 36.3 Å². The van der Waals surface area contributed by atoms with E-state index in [9.17, 15) is 9.59 Å². The number of rotatable bonds is 5. The molecule has 1 aliphatic rings. The number of carbonyl (C=O) groups excluding carboxylic acids is 2. The van der Waals surface area contributed by atoms with Crippen LogP contribution in [0.25, 0.3) is 0 Å². The van der Waals surface area contributed by atoms with Crippen LogP contribution in [0.1, 0.15) is 45.2 Å². The van der Waals surface area contributed by atoms with Crippen molar-refractivity contribution in [2.75, 3.05) is 19.6 Å². The van der Waals surface area contributed by atoms with Gasteiger partial charge in [-0.05, 0) is 44.5 Å².